The third-order valence-corrected chi connectivity index (χ3v) is 6.61. The van der Waals surface area contributed by atoms with E-state index in [1.807, 2.05) is 16.8 Å². The first-order chi connectivity index (χ1) is 13.0. The van der Waals surface area contributed by atoms with E-state index in [1.54, 1.807) is 16.2 Å². The lowest BCUT2D eigenvalue weighted by Gasteiger charge is -2.34. The predicted octanol–water partition coefficient (Wildman–Crippen LogP) is 2.27. The van der Waals surface area contributed by atoms with Crippen LogP contribution in [-0.4, -0.2) is 65.6 Å². The summed E-state index contributed by atoms with van der Waals surface area (Å²) in [7, 11) is 1.85. The first-order valence-corrected chi connectivity index (χ1v) is 10.7. The minimum absolute atomic E-state index is 0.120. The highest BCUT2D eigenvalue weighted by Crippen LogP contribution is 2.23. The molecule has 1 aromatic heterocycles. The van der Waals surface area contributed by atoms with E-state index >= 15 is 0 Å². The number of rotatable bonds is 7. The highest BCUT2D eigenvalue weighted by atomic mass is 32.1. The summed E-state index contributed by atoms with van der Waals surface area (Å²) in [6.45, 7) is 5.36. The lowest BCUT2D eigenvalue weighted by atomic mass is 9.96. The van der Waals surface area contributed by atoms with E-state index in [4.69, 9.17) is 0 Å². The molecule has 0 aromatic carbocycles. The molecule has 1 atom stereocenters. The first kappa shape index (κ1) is 19.9. The van der Waals surface area contributed by atoms with Gasteiger partial charge in [0, 0.05) is 50.9 Å². The van der Waals surface area contributed by atoms with Gasteiger partial charge in [-0.25, -0.2) is 0 Å². The Kier molecular flexibility index (Phi) is 6.52. The van der Waals surface area contributed by atoms with Gasteiger partial charge < -0.3 is 14.7 Å². The van der Waals surface area contributed by atoms with Crippen molar-refractivity contribution in [2.45, 2.75) is 45.6 Å². The summed E-state index contributed by atoms with van der Waals surface area (Å²) >= 11 is 1.68. The lowest BCUT2D eigenvalue weighted by molar-refractivity contribution is -0.142. The van der Waals surface area contributed by atoms with Gasteiger partial charge in [0.05, 0.1) is 12.5 Å². The molecule has 0 saturated carbocycles. The van der Waals surface area contributed by atoms with Crippen molar-refractivity contribution in [3.8, 4) is 0 Å². The second-order valence-electron chi connectivity index (χ2n) is 7.63. The van der Waals surface area contributed by atoms with Crippen molar-refractivity contribution in [1.82, 2.24) is 14.7 Å². The summed E-state index contributed by atoms with van der Waals surface area (Å²) in [5.41, 5.74) is 1.22. The van der Waals surface area contributed by atoms with Crippen molar-refractivity contribution in [2.75, 3.05) is 33.2 Å². The van der Waals surface area contributed by atoms with Crippen LogP contribution in [0.3, 0.4) is 0 Å². The third kappa shape index (κ3) is 4.89. The molecule has 0 spiro atoms. The zero-order valence-corrected chi connectivity index (χ0v) is 17.1. The molecule has 3 rings (SSSR count). The Morgan fingerprint density at radius 1 is 1.22 bits per heavy atom. The summed E-state index contributed by atoms with van der Waals surface area (Å²) < 4.78 is 0. The fourth-order valence-corrected chi connectivity index (χ4v) is 4.86. The minimum atomic E-state index is -0.124. The van der Waals surface area contributed by atoms with Crippen molar-refractivity contribution in [2.24, 2.45) is 5.92 Å². The zero-order chi connectivity index (χ0) is 19.4. The first-order valence-electron chi connectivity index (χ1n) is 9.79. The predicted molar refractivity (Wildman–Crippen MR) is 105 cm³/mol. The fourth-order valence-electron chi connectivity index (χ4n) is 3.90. The van der Waals surface area contributed by atoms with E-state index in [0.717, 1.165) is 19.4 Å². The Balaban J connectivity index is 1.49. The number of nitrogens with zero attached hydrogens (tertiary/aromatic N) is 3. The van der Waals surface area contributed by atoms with E-state index in [2.05, 4.69) is 18.4 Å². The van der Waals surface area contributed by atoms with Gasteiger partial charge in [-0.3, -0.25) is 14.4 Å². The molecule has 0 unspecified atom stereocenters. The second kappa shape index (κ2) is 8.87. The van der Waals surface area contributed by atoms with Crippen LogP contribution in [0.5, 0.6) is 0 Å². The topological polar surface area (TPSA) is 60.9 Å². The number of aryl methyl sites for hydroxylation is 1. The largest absolute Gasteiger partial charge is 0.343 e. The van der Waals surface area contributed by atoms with E-state index in [0.29, 0.717) is 45.4 Å². The number of hydrogen-bond donors (Lipinski definition) is 0. The number of hydrogen-bond acceptors (Lipinski definition) is 4. The summed E-state index contributed by atoms with van der Waals surface area (Å²) in [4.78, 5) is 43.5. The van der Waals surface area contributed by atoms with E-state index in [-0.39, 0.29) is 23.6 Å². The minimum Gasteiger partial charge on any atom is -0.343 e. The average Bonchev–Trinajstić information content (AvgIpc) is 3.24. The molecule has 2 fully saturated rings. The van der Waals surface area contributed by atoms with Crippen molar-refractivity contribution < 1.29 is 14.4 Å². The van der Waals surface area contributed by atoms with Gasteiger partial charge in [0.1, 0.15) is 0 Å². The molecule has 3 amide bonds. The zero-order valence-electron chi connectivity index (χ0n) is 16.3. The number of amides is 3. The Morgan fingerprint density at radius 3 is 2.63 bits per heavy atom. The van der Waals surface area contributed by atoms with Crippen molar-refractivity contribution >= 4 is 29.1 Å². The third-order valence-electron chi connectivity index (χ3n) is 5.60. The van der Waals surface area contributed by atoms with Gasteiger partial charge in [0.2, 0.25) is 17.7 Å². The van der Waals surface area contributed by atoms with Crippen LogP contribution in [0.15, 0.2) is 11.4 Å². The maximum Gasteiger partial charge on any atom is 0.227 e. The molecule has 27 heavy (non-hydrogen) atoms. The molecular formula is C20H29N3O3S. The van der Waals surface area contributed by atoms with E-state index in [1.165, 1.54) is 10.4 Å². The maximum absolute atomic E-state index is 12.9. The van der Waals surface area contributed by atoms with E-state index < -0.39 is 0 Å². The molecule has 0 radical (unpaired) electrons. The molecule has 2 saturated heterocycles. The quantitative estimate of drug-likeness (QED) is 0.716. The molecule has 0 bridgehead atoms. The van der Waals surface area contributed by atoms with Crippen LogP contribution in [0.2, 0.25) is 0 Å². The van der Waals surface area contributed by atoms with Crippen LogP contribution < -0.4 is 0 Å². The lowest BCUT2D eigenvalue weighted by Crippen LogP contribution is -2.46. The van der Waals surface area contributed by atoms with Gasteiger partial charge >= 0.3 is 0 Å². The van der Waals surface area contributed by atoms with Gasteiger partial charge in [-0.1, -0.05) is 0 Å². The summed E-state index contributed by atoms with van der Waals surface area (Å²) in [6.07, 6.45) is 3.43. The maximum atomic E-state index is 12.9. The van der Waals surface area contributed by atoms with Gasteiger partial charge in [-0.15, -0.1) is 11.3 Å². The summed E-state index contributed by atoms with van der Waals surface area (Å²) in [5, 5.41) is 2.05. The number of carbonyl (C=O) groups is 3. The number of piperidine rings is 1. The molecule has 2 aliphatic heterocycles. The summed E-state index contributed by atoms with van der Waals surface area (Å²) in [6, 6.07) is 2.07. The van der Waals surface area contributed by atoms with Crippen LogP contribution in [-0.2, 0) is 20.9 Å². The van der Waals surface area contributed by atoms with Crippen LogP contribution in [0.4, 0.5) is 0 Å². The van der Waals surface area contributed by atoms with Gasteiger partial charge in [-0.2, -0.15) is 0 Å². The molecule has 0 aliphatic carbocycles. The van der Waals surface area contributed by atoms with Crippen LogP contribution in [0.25, 0.3) is 0 Å². The van der Waals surface area contributed by atoms with Gasteiger partial charge in [-0.05, 0) is 43.2 Å². The van der Waals surface area contributed by atoms with Gasteiger partial charge in [0.15, 0.2) is 0 Å². The molecule has 0 N–H and O–H groups in total. The molecular weight excluding hydrogens is 362 g/mol. The van der Waals surface area contributed by atoms with Crippen LogP contribution in [0, 0.1) is 12.8 Å². The van der Waals surface area contributed by atoms with E-state index in [9.17, 15) is 14.4 Å². The number of carbonyl (C=O) groups excluding carboxylic acids is 3. The fraction of sp³-hybridized carbons (Fsp3) is 0.650. The molecule has 3 heterocycles. The highest BCUT2D eigenvalue weighted by Gasteiger charge is 2.32. The van der Waals surface area contributed by atoms with Crippen molar-refractivity contribution in [3.05, 3.63) is 21.9 Å². The summed E-state index contributed by atoms with van der Waals surface area (Å²) in [5.74, 6) is 0.346. The SMILES string of the molecule is Cc1ccsc1CN(C)C(=O)[C@H]1CCC(=O)N(CCCN2CCCC2=O)C1. The molecule has 148 valence electrons. The normalized spacial score (nSPS) is 20.4. The molecule has 7 heteroatoms. The highest BCUT2D eigenvalue weighted by molar-refractivity contribution is 7.10. The Bertz CT molecular complexity index is 702. The van der Waals surface area contributed by atoms with Crippen LogP contribution >= 0.6 is 11.3 Å². The number of likely N-dealkylation sites (tertiary alicyclic amines) is 2. The monoisotopic (exact) mass is 391 g/mol. The standard InChI is InChI=1S/C20H29N3O3S/c1-15-8-12-27-17(15)14-21(2)20(26)16-6-7-19(25)23(13-16)11-4-10-22-9-3-5-18(22)24/h8,12,16H,3-7,9-11,13-14H2,1-2H3/t16-/m0/s1. The smallest absolute Gasteiger partial charge is 0.227 e. The average molecular weight is 392 g/mol. The Labute approximate surface area is 165 Å². The van der Waals surface area contributed by atoms with Crippen LogP contribution in [0.1, 0.15) is 42.5 Å². The Hall–Kier alpha value is -1.89. The van der Waals surface area contributed by atoms with Gasteiger partial charge in [0.25, 0.3) is 0 Å². The molecule has 6 nitrogen and oxygen atoms in total. The second-order valence-corrected chi connectivity index (χ2v) is 8.64. The Morgan fingerprint density at radius 2 is 1.96 bits per heavy atom. The van der Waals surface area contributed by atoms with Crippen molar-refractivity contribution in [1.29, 1.82) is 0 Å². The number of thiophene rings is 1. The van der Waals surface area contributed by atoms with Crippen molar-refractivity contribution in [3.63, 3.8) is 0 Å². The molecule has 2 aliphatic rings. The molecule has 1 aromatic rings.